The second-order valence-electron chi connectivity index (χ2n) is 6.93. The molecule has 0 amide bonds. The van der Waals surface area contributed by atoms with E-state index in [1.54, 1.807) is 0 Å². The Morgan fingerprint density at radius 1 is 1.12 bits per heavy atom. The van der Waals surface area contributed by atoms with Gasteiger partial charge in [-0.2, -0.15) is 5.10 Å². The molecule has 1 saturated heterocycles. The molecule has 3 heterocycles. The number of pyridine rings is 1. The minimum Gasteiger partial charge on any atom is -0.311 e. The first-order chi connectivity index (χ1) is 12.8. The fourth-order valence-electron chi connectivity index (χ4n) is 3.62. The lowest BCUT2D eigenvalue weighted by Gasteiger charge is -2.19. The maximum atomic E-state index is 4.85. The molecule has 1 N–H and O–H groups in total. The number of benzene rings is 1. The average molecular weight is 347 g/mol. The summed E-state index contributed by atoms with van der Waals surface area (Å²) in [6.07, 6.45) is 8.36. The molecule has 0 radical (unpaired) electrons. The molecule has 1 aliphatic rings. The predicted molar refractivity (Wildman–Crippen MR) is 104 cm³/mol. The monoisotopic (exact) mass is 347 g/mol. The molecule has 1 aliphatic heterocycles. The normalized spacial score (nSPS) is 17.7. The van der Waals surface area contributed by atoms with Gasteiger partial charge in [-0.3, -0.25) is 4.98 Å². The fourth-order valence-corrected chi connectivity index (χ4v) is 3.62. The standard InChI is InChI=1S/C21H25N5/c1-25-13-5-8-20(25)15-23-14-18-16-26(19-6-3-2-4-7-19)24-21(18)17-9-11-22-12-10-17/h2-4,6-7,9-12,16,20,23H,5,8,13-15H2,1H3. The molecule has 26 heavy (non-hydrogen) atoms. The van der Waals surface area contributed by atoms with Crippen LogP contribution in [0.25, 0.3) is 16.9 Å². The Kier molecular flexibility index (Phi) is 5.09. The van der Waals surface area contributed by atoms with Crippen LogP contribution in [-0.2, 0) is 6.54 Å². The van der Waals surface area contributed by atoms with Crippen LogP contribution in [0.2, 0.25) is 0 Å². The zero-order valence-electron chi connectivity index (χ0n) is 15.2. The molecule has 1 aromatic carbocycles. The summed E-state index contributed by atoms with van der Waals surface area (Å²) in [7, 11) is 2.22. The molecule has 0 bridgehead atoms. The number of hydrogen-bond acceptors (Lipinski definition) is 4. The highest BCUT2D eigenvalue weighted by Crippen LogP contribution is 2.23. The maximum absolute atomic E-state index is 4.85. The van der Waals surface area contributed by atoms with Crippen molar-refractivity contribution in [2.24, 2.45) is 0 Å². The van der Waals surface area contributed by atoms with E-state index >= 15 is 0 Å². The topological polar surface area (TPSA) is 46.0 Å². The third-order valence-corrected chi connectivity index (χ3v) is 5.13. The van der Waals surface area contributed by atoms with Crippen LogP contribution in [0.5, 0.6) is 0 Å². The Balaban J connectivity index is 1.56. The van der Waals surface area contributed by atoms with Crippen LogP contribution in [0.1, 0.15) is 18.4 Å². The van der Waals surface area contributed by atoms with Crippen molar-refractivity contribution in [2.75, 3.05) is 20.1 Å². The number of hydrogen-bond donors (Lipinski definition) is 1. The Labute approximate surface area is 154 Å². The second-order valence-corrected chi connectivity index (χ2v) is 6.93. The molecule has 5 heteroatoms. The average Bonchev–Trinajstić information content (AvgIpc) is 3.30. The molecule has 2 aromatic heterocycles. The van der Waals surface area contributed by atoms with E-state index in [0.29, 0.717) is 6.04 Å². The van der Waals surface area contributed by atoms with Crippen molar-refractivity contribution in [3.05, 3.63) is 66.6 Å². The van der Waals surface area contributed by atoms with Crippen molar-refractivity contribution >= 4 is 0 Å². The summed E-state index contributed by atoms with van der Waals surface area (Å²) in [5.74, 6) is 0. The van der Waals surface area contributed by atoms with Crippen molar-refractivity contribution in [1.82, 2.24) is 25.0 Å². The van der Waals surface area contributed by atoms with E-state index < -0.39 is 0 Å². The van der Waals surface area contributed by atoms with Gasteiger partial charge < -0.3 is 10.2 Å². The van der Waals surface area contributed by atoms with E-state index in [0.717, 1.165) is 30.0 Å². The van der Waals surface area contributed by atoms with E-state index in [-0.39, 0.29) is 0 Å². The van der Waals surface area contributed by atoms with Crippen LogP contribution in [0.3, 0.4) is 0 Å². The van der Waals surface area contributed by atoms with Gasteiger partial charge in [0.25, 0.3) is 0 Å². The summed E-state index contributed by atoms with van der Waals surface area (Å²) < 4.78 is 1.97. The second kappa shape index (κ2) is 7.81. The van der Waals surface area contributed by atoms with Gasteiger partial charge in [-0.1, -0.05) is 18.2 Å². The molecule has 3 aromatic rings. The number of likely N-dealkylation sites (tertiary alicyclic amines) is 1. The number of likely N-dealkylation sites (N-methyl/N-ethyl adjacent to an activating group) is 1. The van der Waals surface area contributed by atoms with Crippen molar-refractivity contribution in [2.45, 2.75) is 25.4 Å². The largest absolute Gasteiger partial charge is 0.311 e. The third-order valence-electron chi connectivity index (χ3n) is 5.13. The van der Waals surface area contributed by atoms with Gasteiger partial charge in [0.15, 0.2) is 0 Å². The van der Waals surface area contributed by atoms with Crippen molar-refractivity contribution < 1.29 is 0 Å². The molecular formula is C21H25N5. The lowest BCUT2D eigenvalue weighted by molar-refractivity contribution is 0.300. The quantitative estimate of drug-likeness (QED) is 0.744. The summed E-state index contributed by atoms with van der Waals surface area (Å²) in [6.45, 7) is 3.04. The minimum atomic E-state index is 0.642. The third kappa shape index (κ3) is 3.69. The SMILES string of the molecule is CN1CCCC1CNCc1cn(-c2ccccc2)nc1-c1ccncc1. The number of nitrogens with one attached hydrogen (secondary N) is 1. The molecule has 1 atom stereocenters. The Hall–Kier alpha value is -2.50. The van der Waals surface area contributed by atoms with Gasteiger partial charge >= 0.3 is 0 Å². The number of nitrogens with zero attached hydrogens (tertiary/aromatic N) is 4. The first kappa shape index (κ1) is 16.9. The highest BCUT2D eigenvalue weighted by molar-refractivity contribution is 5.62. The first-order valence-electron chi connectivity index (χ1n) is 9.26. The van der Waals surface area contributed by atoms with Crippen LogP contribution in [-0.4, -0.2) is 45.8 Å². The van der Waals surface area contributed by atoms with E-state index in [9.17, 15) is 0 Å². The van der Waals surface area contributed by atoms with Crippen LogP contribution < -0.4 is 5.32 Å². The molecule has 0 saturated carbocycles. The van der Waals surface area contributed by atoms with Gasteiger partial charge in [-0.15, -0.1) is 0 Å². The number of para-hydroxylation sites is 1. The molecule has 1 unspecified atom stereocenters. The van der Waals surface area contributed by atoms with Crippen molar-refractivity contribution in [1.29, 1.82) is 0 Å². The van der Waals surface area contributed by atoms with Gasteiger partial charge in [0.1, 0.15) is 0 Å². The Morgan fingerprint density at radius 3 is 2.65 bits per heavy atom. The molecule has 5 nitrogen and oxygen atoms in total. The van der Waals surface area contributed by atoms with Gasteiger partial charge in [0.2, 0.25) is 0 Å². The molecular weight excluding hydrogens is 322 g/mol. The lowest BCUT2D eigenvalue weighted by Crippen LogP contribution is -2.35. The lowest BCUT2D eigenvalue weighted by atomic mass is 10.1. The van der Waals surface area contributed by atoms with E-state index in [4.69, 9.17) is 5.10 Å². The van der Waals surface area contributed by atoms with Gasteiger partial charge in [-0.05, 0) is 50.7 Å². The molecule has 4 rings (SSSR count). The summed E-state index contributed by atoms with van der Waals surface area (Å²) in [4.78, 5) is 6.58. The zero-order chi connectivity index (χ0) is 17.8. The zero-order valence-corrected chi connectivity index (χ0v) is 15.2. The Bertz CT molecular complexity index is 828. The van der Waals surface area contributed by atoms with Crippen LogP contribution in [0, 0.1) is 0 Å². The van der Waals surface area contributed by atoms with Crippen LogP contribution in [0.15, 0.2) is 61.1 Å². The molecule has 1 fully saturated rings. The molecule has 134 valence electrons. The summed E-state index contributed by atoms with van der Waals surface area (Å²) in [5, 5.41) is 8.49. The van der Waals surface area contributed by atoms with E-state index in [2.05, 4.69) is 40.6 Å². The molecule has 0 spiro atoms. The number of rotatable bonds is 6. The van der Waals surface area contributed by atoms with Crippen LogP contribution >= 0.6 is 0 Å². The predicted octanol–water partition coefficient (Wildman–Crippen LogP) is 3.12. The Morgan fingerprint density at radius 2 is 1.92 bits per heavy atom. The van der Waals surface area contributed by atoms with Gasteiger partial charge in [-0.25, -0.2) is 4.68 Å². The highest BCUT2D eigenvalue weighted by Gasteiger charge is 2.20. The number of aromatic nitrogens is 3. The van der Waals surface area contributed by atoms with E-state index in [1.165, 1.54) is 24.9 Å². The first-order valence-corrected chi connectivity index (χ1v) is 9.26. The van der Waals surface area contributed by atoms with Gasteiger partial charge in [0.05, 0.1) is 11.4 Å². The maximum Gasteiger partial charge on any atom is 0.0973 e. The highest BCUT2D eigenvalue weighted by atomic mass is 15.3. The fraction of sp³-hybridized carbons (Fsp3) is 0.333. The van der Waals surface area contributed by atoms with Crippen LogP contribution in [0.4, 0.5) is 0 Å². The summed E-state index contributed by atoms with van der Waals surface area (Å²) in [5.41, 5.74) is 4.40. The van der Waals surface area contributed by atoms with Crippen molar-refractivity contribution in [3.8, 4) is 16.9 Å². The van der Waals surface area contributed by atoms with Gasteiger partial charge in [0, 0.05) is 48.8 Å². The minimum absolute atomic E-state index is 0.642. The molecule has 0 aliphatic carbocycles. The smallest absolute Gasteiger partial charge is 0.0973 e. The summed E-state index contributed by atoms with van der Waals surface area (Å²) >= 11 is 0. The van der Waals surface area contributed by atoms with E-state index in [1.807, 2.05) is 47.4 Å². The summed E-state index contributed by atoms with van der Waals surface area (Å²) in [6, 6.07) is 14.9. The van der Waals surface area contributed by atoms with Crippen molar-refractivity contribution in [3.63, 3.8) is 0 Å².